The molecule has 0 bridgehead atoms. The Morgan fingerprint density at radius 2 is 2.09 bits per heavy atom. The zero-order chi connectivity index (χ0) is 16.9. The van der Waals surface area contributed by atoms with Gasteiger partial charge in [0, 0.05) is 18.2 Å². The summed E-state index contributed by atoms with van der Waals surface area (Å²) in [6, 6.07) is 6.70. The SMILES string of the molecule is C=CCOc1ccc(C(=O)N(CCC)C2CCS(=O)(=O)C2)cc1. The smallest absolute Gasteiger partial charge is 0.254 e. The van der Waals surface area contributed by atoms with E-state index < -0.39 is 9.84 Å². The monoisotopic (exact) mass is 337 g/mol. The van der Waals surface area contributed by atoms with Crippen molar-refractivity contribution in [2.45, 2.75) is 25.8 Å². The van der Waals surface area contributed by atoms with Gasteiger partial charge in [-0.2, -0.15) is 0 Å². The van der Waals surface area contributed by atoms with E-state index in [9.17, 15) is 13.2 Å². The van der Waals surface area contributed by atoms with Crippen molar-refractivity contribution in [2.75, 3.05) is 24.7 Å². The van der Waals surface area contributed by atoms with Crippen LogP contribution in [0.5, 0.6) is 5.75 Å². The highest BCUT2D eigenvalue weighted by Gasteiger charge is 2.34. The van der Waals surface area contributed by atoms with Crippen LogP contribution >= 0.6 is 0 Å². The number of rotatable bonds is 7. The van der Waals surface area contributed by atoms with Crippen LogP contribution in [0.15, 0.2) is 36.9 Å². The summed E-state index contributed by atoms with van der Waals surface area (Å²) in [6.07, 6.45) is 2.97. The fourth-order valence-corrected chi connectivity index (χ4v) is 4.46. The molecule has 0 aromatic heterocycles. The van der Waals surface area contributed by atoms with E-state index in [1.807, 2.05) is 6.92 Å². The lowest BCUT2D eigenvalue weighted by Gasteiger charge is -2.28. The van der Waals surface area contributed by atoms with E-state index in [-0.39, 0.29) is 23.5 Å². The van der Waals surface area contributed by atoms with Gasteiger partial charge in [0.25, 0.3) is 5.91 Å². The molecular formula is C17H23NO4S. The third kappa shape index (κ3) is 4.58. The first-order chi connectivity index (χ1) is 11.0. The highest BCUT2D eigenvalue weighted by Crippen LogP contribution is 2.21. The van der Waals surface area contributed by atoms with Crippen molar-refractivity contribution in [1.82, 2.24) is 4.90 Å². The molecule has 1 aromatic carbocycles. The van der Waals surface area contributed by atoms with E-state index in [1.54, 1.807) is 35.2 Å². The molecule has 1 amide bonds. The summed E-state index contributed by atoms with van der Waals surface area (Å²) in [5.74, 6) is 0.787. The lowest BCUT2D eigenvalue weighted by molar-refractivity contribution is 0.0697. The fraction of sp³-hybridized carbons (Fsp3) is 0.471. The predicted octanol–water partition coefficient (Wildman–Crippen LogP) is 2.29. The second-order valence-corrected chi connectivity index (χ2v) is 7.91. The van der Waals surface area contributed by atoms with Crippen LogP contribution in [0.4, 0.5) is 0 Å². The summed E-state index contributed by atoms with van der Waals surface area (Å²) in [5, 5.41) is 0. The Hall–Kier alpha value is -1.82. The number of nitrogens with zero attached hydrogens (tertiary/aromatic N) is 1. The minimum absolute atomic E-state index is 0.0687. The Morgan fingerprint density at radius 3 is 2.61 bits per heavy atom. The van der Waals surface area contributed by atoms with Gasteiger partial charge in [-0.25, -0.2) is 8.42 Å². The molecule has 1 saturated heterocycles. The quantitative estimate of drug-likeness (QED) is 0.716. The second kappa shape index (κ2) is 7.64. The van der Waals surface area contributed by atoms with Crippen LogP contribution < -0.4 is 4.74 Å². The molecule has 0 saturated carbocycles. The molecule has 0 spiro atoms. The number of carbonyl (C=O) groups excluding carboxylic acids is 1. The highest BCUT2D eigenvalue weighted by atomic mass is 32.2. The van der Waals surface area contributed by atoms with Crippen molar-refractivity contribution in [2.24, 2.45) is 0 Å². The molecule has 0 aliphatic carbocycles. The number of amides is 1. The van der Waals surface area contributed by atoms with Crippen molar-refractivity contribution in [3.8, 4) is 5.75 Å². The molecule has 1 heterocycles. The molecule has 2 rings (SSSR count). The first kappa shape index (κ1) is 17.5. The normalized spacial score (nSPS) is 19.3. The van der Waals surface area contributed by atoms with E-state index in [4.69, 9.17) is 4.74 Å². The van der Waals surface area contributed by atoms with Crippen molar-refractivity contribution in [3.63, 3.8) is 0 Å². The first-order valence-corrected chi connectivity index (χ1v) is 9.64. The molecule has 1 aliphatic heterocycles. The van der Waals surface area contributed by atoms with Gasteiger partial charge in [-0.15, -0.1) is 0 Å². The third-order valence-electron chi connectivity index (χ3n) is 3.84. The summed E-state index contributed by atoms with van der Waals surface area (Å²) >= 11 is 0. The van der Waals surface area contributed by atoms with Gasteiger partial charge in [0.05, 0.1) is 11.5 Å². The molecule has 1 aliphatic rings. The Labute approximate surface area is 137 Å². The average Bonchev–Trinajstić information content (AvgIpc) is 2.90. The maximum absolute atomic E-state index is 12.7. The lowest BCUT2D eigenvalue weighted by atomic mass is 10.1. The fourth-order valence-electron chi connectivity index (χ4n) is 2.73. The number of benzene rings is 1. The van der Waals surface area contributed by atoms with E-state index in [2.05, 4.69) is 6.58 Å². The summed E-state index contributed by atoms with van der Waals surface area (Å²) in [4.78, 5) is 14.4. The third-order valence-corrected chi connectivity index (χ3v) is 5.59. The molecule has 1 aromatic rings. The lowest BCUT2D eigenvalue weighted by Crippen LogP contribution is -2.41. The standard InChI is InChI=1S/C17H23NO4S/c1-3-10-18(15-9-12-23(20,21)13-15)17(19)14-5-7-16(8-6-14)22-11-4-2/h4-8,15H,2-3,9-13H2,1H3. The molecule has 126 valence electrons. The molecule has 5 nitrogen and oxygen atoms in total. The highest BCUT2D eigenvalue weighted by molar-refractivity contribution is 7.91. The zero-order valence-corrected chi connectivity index (χ0v) is 14.2. The Balaban J connectivity index is 2.12. The predicted molar refractivity (Wildman–Crippen MR) is 90.5 cm³/mol. The van der Waals surface area contributed by atoms with E-state index in [1.165, 1.54) is 0 Å². The van der Waals surface area contributed by atoms with Crippen molar-refractivity contribution in [1.29, 1.82) is 0 Å². The molecule has 1 unspecified atom stereocenters. The van der Waals surface area contributed by atoms with E-state index in [0.717, 1.165) is 6.42 Å². The van der Waals surface area contributed by atoms with Gasteiger partial charge < -0.3 is 9.64 Å². The van der Waals surface area contributed by atoms with Crippen LogP contribution in [0, 0.1) is 0 Å². The zero-order valence-electron chi connectivity index (χ0n) is 13.4. The van der Waals surface area contributed by atoms with Crippen molar-refractivity contribution < 1.29 is 17.9 Å². The topological polar surface area (TPSA) is 63.7 Å². The largest absolute Gasteiger partial charge is 0.490 e. The summed E-state index contributed by atoms with van der Waals surface area (Å²) in [5.41, 5.74) is 0.550. The van der Waals surface area contributed by atoms with Gasteiger partial charge in [-0.3, -0.25) is 4.79 Å². The molecule has 1 atom stereocenters. The summed E-state index contributed by atoms with van der Waals surface area (Å²) in [7, 11) is -3.01. The first-order valence-electron chi connectivity index (χ1n) is 7.82. The summed E-state index contributed by atoms with van der Waals surface area (Å²) < 4.78 is 28.8. The Kier molecular flexibility index (Phi) is 5.82. The van der Waals surface area contributed by atoms with Crippen LogP contribution in [0.25, 0.3) is 0 Å². The van der Waals surface area contributed by atoms with Gasteiger partial charge in [0.2, 0.25) is 0 Å². The number of sulfone groups is 1. The molecular weight excluding hydrogens is 314 g/mol. The van der Waals surface area contributed by atoms with E-state index in [0.29, 0.717) is 30.9 Å². The number of ether oxygens (including phenoxy) is 1. The van der Waals surface area contributed by atoms with E-state index >= 15 is 0 Å². The molecule has 0 N–H and O–H groups in total. The molecule has 1 fully saturated rings. The van der Waals surface area contributed by atoms with Crippen LogP contribution in [0.2, 0.25) is 0 Å². The van der Waals surface area contributed by atoms with Gasteiger partial charge >= 0.3 is 0 Å². The van der Waals surface area contributed by atoms with Crippen LogP contribution in [-0.2, 0) is 9.84 Å². The molecule has 6 heteroatoms. The van der Waals surface area contributed by atoms with Crippen molar-refractivity contribution in [3.05, 3.63) is 42.5 Å². The maximum Gasteiger partial charge on any atom is 0.254 e. The Bertz CT molecular complexity index is 652. The molecule has 23 heavy (non-hydrogen) atoms. The number of carbonyl (C=O) groups is 1. The number of hydrogen-bond donors (Lipinski definition) is 0. The van der Waals surface area contributed by atoms with Gasteiger partial charge in [-0.1, -0.05) is 19.6 Å². The number of hydrogen-bond acceptors (Lipinski definition) is 4. The van der Waals surface area contributed by atoms with Crippen LogP contribution in [0.1, 0.15) is 30.1 Å². The van der Waals surface area contributed by atoms with Gasteiger partial charge in [-0.05, 0) is 37.1 Å². The Morgan fingerprint density at radius 1 is 1.39 bits per heavy atom. The second-order valence-electron chi connectivity index (χ2n) is 5.68. The summed E-state index contributed by atoms with van der Waals surface area (Å²) in [6.45, 7) is 6.54. The maximum atomic E-state index is 12.7. The molecule has 0 radical (unpaired) electrons. The van der Waals surface area contributed by atoms with Crippen LogP contribution in [0.3, 0.4) is 0 Å². The van der Waals surface area contributed by atoms with Gasteiger partial charge in [0.15, 0.2) is 9.84 Å². The average molecular weight is 337 g/mol. The van der Waals surface area contributed by atoms with Crippen molar-refractivity contribution >= 4 is 15.7 Å². The minimum Gasteiger partial charge on any atom is -0.490 e. The minimum atomic E-state index is -3.01. The van der Waals surface area contributed by atoms with Crippen LogP contribution in [-0.4, -0.2) is 49.9 Å². The van der Waals surface area contributed by atoms with Gasteiger partial charge in [0.1, 0.15) is 12.4 Å².